The van der Waals surface area contributed by atoms with Crippen LogP contribution in [-0.2, 0) is 16.6 Å². The maximum atomic E-state index is 12.1. The Labute approximate surface area is 111 Å². The van der Waals surface area contributed by atoms with Gasteiger partial charge in [0.25, 0.3) is 0 Å². The predicted octanol–water partition coefficient (Wildman–Crippen LogP) is 0.147. The minimum Gasteiger partial charge on any atom is -0.323 e. The number of hydrogen-bond donors (Lipinski definition) is 3. The highest BCUT2D eigenvalue weighted by Gasteiger charge is 2.16. The summed E-state index contributed by atoms with van der Waals surface area (Å²) in [5, 5.41) is 3.99. The summed E-state index contributed by atoms with van der Waals surface area (Å²) in [6, 6.07) is 8.22. The highest BCUT2D eigenvalue weighted by Crippen LogP contribution is 2.18. The van der Waals surface area contributed by atoms with Crippen molar-refractivity contribution >= 4 is 15.7 Å². The number of nitrogens with two attached hydrogens (primary N) is 1. The molecule has 8 heteroatoms. The second kappa shape index (κ2) is 5.83. The maximum Gasteiger partial charge on any atom is 0.242 e. The van der Waals surface area contributed by atoms with Gasteiger partial charge in [0.05, 0.1) is 12.2 Å². The van der Waals surface area contributed by atoms with Gasteiger partial charge in [-0.05, 0) is 18.2 Å². The first-order valence-corrected chi connectivity index (χ1v) is 7.14. The van der Waals surface area contributed by atoms with Gasteiger partial charge in [0, 0.05) is 18.9 Å². The highest BCUT2D eigenvalue weighted by molar-refractivity contribution is 7.89. The van der Waals surface area contributed by atoms with Crippen LogP contribution >= 0.6 is 0 Å². The Morgan fingerprint density at radius 2 is 2.05 bits per heavy atom. The Morgan fingerprint density at radius 1 is 1.26 bits per heavy atom. The average Bonchev–Trinajstić information content (AvgIpc) is 2.91. The lowest BCUT2D eigenvalue weighted by Gasteiger charge is -2.10. The maximum absolute atomic E-state index is 12.1. The topological polar surface area (TPSA) is 102 Å². The molecular weight excluding hydrogens is 266 g/mol. The molecule has 0 bridgehead atoms. The van der Waals surface area contributed by atoms with Gasteiger partial charge in [-0.1, -0.05) is 12.1 Å². The zero-order valence-corrected chi connectivity index (χ0v) is 11.0. The molecule has 0 aliphatic rings. The molecule has 1 aromatic heterocycles. The number of sulfonamides is 1. The number of nitrogens with zero attached hydrogens (tertiary/aromatic N) is 2. The largest absolute Gasteiger partial charge is 0.323 e. The molecule has 0 radical (unpaired) electrons. The van der Waals surface area contributed by atoms with Gasteiger partial charge in [0.15, 0.2) is 0 Å². The van der Waals surface area contributed by atoms with Gasteiger partial charge in [0.1, 0.15) is 4.90 Å². The number of nitrogens with one attached hydrogen (secondary N) is 2. The minimum atomic E-state index is -3.59. The molecule has 2 rings (SSSR count). The zero-order valence-electron chi connectivity index (χ0n) is 10.2. The fourth-order valence-corrected chi connectivity index (χ4v) is 2.81. The quantitative estimate of drug-likeness (QED) is 0.516. The van der Waals surface area contributed by atoms with E-state index in [2.05, 4.69) is 15.2 Å². The number of hydrogen-bond acceptors (Lipinski definition) is 5. The molecule has 0 aliphatic heterocycles. The van der Waals surface area contributed by atoms with Crippen molar-refractivity contribution in [1.29, 1.82) is 0 Å². The Morgan fingerprint density at radius 3 is 2.74 bits per heavy atom. The van der Waals surface area contributed by atoms with Crippen molar-refractivity contribution in [1.82, 2.24) is 14.5 Å². The van der Waals surface area contributed by atoms with Gasteiger partial charge in [-0.3, -0.25) is 10.5 Å². The Hall–Kier alpha value is -1.90. The fraction of sp³-hybridized carbons (Fsp3) is 0.182. The van der Waals surface area contributed by atoms with Gasteiger partial charge >= 0.3 is 0 Å². The van der Waals surface area contributed by atoms with Crippen LogP contribution in [0, 0.1) is 0 Å². The molecule has 0 atom stereocenters. The SMILES string of the molecule is NNc1ccccc1S(=O)(=O)NCCn1cccn1. The van der Waals surface area contributed by atoms with Crippen LogP contribution in [0.4, 0.5) is 5.69 Å². The number of benzene rings is 1. The molecule has 1 aromatic carbocycles. The van der Waals surface area contributed by atoms with E-state index in [1.54, 1.807) is 41.3 Å². The standard InChI is InChI=1S/C11H15N5O2S/c12-15-10-4-1-2-5-11(10)19(17,18)14-7-9-16-8-3-6-13-16/h1-6,8,14-15H,7,9,12H2. The van der Waals surface area contributed by atoms with Gasteiger partial charge in [-0.15, -0.1) is 0 Å². The average molecular weight is 281 g/mol. The summed E-state index contributed by atoms with van der Waals surface area (Å²) in [6.07, 6.45) is 3.41. The lowest BCUT2D eigenvalue weighted by atomic mass is 10.3. The smallest absolute Gasteiger partial charge is 0.242 e. The first-order chi connectivity index (χ1) is 9.13. The van der Waals surface area contributed by atoms with E-state index < -0.39 is 10.0 Å². The summed E-state index contributed by atoms with van der Waals surface area (Å²) >= 11 is 0. The second-order valence-electron chi connectivity index (χ2n) is 3.81. The molecule has 0 amide bonds. The second-order valence-corrected chi connectivity index (χ2v) is 5.54. The van der Waals surface area contributed by atoms with Crippen molar-refractivity contribution in [3.05, 3.63) is 42.7 Å². The first kappa shape index (κ1) is 13.5. The molecule has 19 heavy (non-hydrogen) atoms. The molecule has 4 N–H and O–H groups in total. The van der Waals surface area contributed by atoms with Crippen LogP contribution in [0.5, 0.6) is 0 Å². The number of nitrogen functional groups attached to an aromatic ring is 1. The van der Waals surface area contributed by atoms with Crippen molar-refractivity contribution in [3.63, 3.8) is 0 Å². The molecule has 0 saturated heterocycles. The molecule has 0 saturated carbocycles. The number of anilines is 1. The van der Waals surface area contributed by atoms with Crippen LogP contribution in [-0.4, -0.2) is 24.7 Å². The van der Waals surface area contributed by atoms with Gasteiger partial charge in [-0.25, -0.2) is 13.1 Å². The molecule has 0 spiro atoms. The summed E-state index contributed by atoms with van der Waals surface area (Å²) in [4.78, 5) is 0.123. The molecule has 102 valence electrons. The van der Waals surface area contributed by atoms with Crippen molar-refractivity contribution in [2.45, 2.75) is 11.4 Å². The van der Waals surface area contributed by atoms with E-state index in [0.717, 1.165) is 0 Å². The molecule has 2 aromatic rings. The van der Waals surface area contributed by atoms with E-state index in [9.17, 15) is 8.42 Å². The predicted molar refractivity (Wildman–Crippen MR) is 71.7 cm³/mol. The summed E-state index contributed by atoms with van der Waals surface area (Å²) in [6.45, 7) is 0.716. The van der Waals surface area contributed by atoms with Crippen molar-refractivity contribution in [2.24, 2.45) is 5.84 Å². The van der Waals surface area contributed by atoms with Crippen LogP contribution in [0.2, 0.25) is 0 Å². The lowest BCUT2D eigenvalue weighted by Crippen LogP contribution is -2.28. The minimum absolute atomic E-state index is 0.123. The molecule has 0 unspecified atom stereocenters. The number of rotatable bonds is 6. The van der Waals surface area contributed by atoms with E-state index in [0.29, 0.717) is 12.2 Å². The van der Waals surface area contributed by atoms with Crippen molar-refractivity contribution in [3.8, 4) is 0 Å². The Balaban J connectivity index is 2.05. The van der Waals surface area contributed by atoms with E-state index in [-0.39, 0.29) is 11.4 Å². The van der Waals surface area contributed by atoms with E-state index >= 15 is 0 Å². The summed E-state index contributed by atoms with van der Waals surface area (Å²) in [5.41, 5.74) is 2.72. The third kappa shape index (κ3) is 3.31. The molecule has 0 fully saturated rings. The van der Waals surface area contributed by atoms with E-state index in [1.807, 2.05) is 0 Å². The van der Waals surface area contributed by atoms with E-state index in [4.69, 9.17) is 5.84 Å². The summed E-state index contributed by atoms with van der Waals surface area (Å²) in [7, 11) is -3.59. The van der Waals surface area contributed by atoms with Crippen LogP contribution in [0.1, 0.15) is 0 Å². The first-order valence-electron chi connectivity index (χ1n) is 5.66. The number of aromatic nitrogens is 2. The lowest BCUT2D eigenvalue weighted by molar-refractivity contribution is 0.561. The van der Waals surface area contributed by atoms with Crippen molar-refractivity contribution < 1.29 is 8.42 Å². The third-order valence-electron chi connectivity index (χ3n) is 2.52. The zero-order chi connectivity index (χ0) is 13.7. The third-order valence-corrected chi connectivity index (χ3v) is 4.04. The summed E-state index contributed by atoms with van der Waals surface area (Å²) < 4.78 is 28.4. The van der Waals surface area contributed by atoms with Crippen LogP contribution in [0.25, 0.3) is 0 Å². The number of para-hydroxylation sites is 1. The van der Waals surface area contributed by atoms with Crippen LogP contribution in [0.15, 0.2) is 47.6 Å². The summed E-state index contributed by atoms with van der Waals surface area (Å²) in [5.74, 6) is 5.30. The highest BCUT2D eigenvalue weighted by atomic mass is 32.2. The fourth-order valence-electron chi connectivity index (χ4n) is 1.63. The monoisotopic (exact) mass is 281 g/mol. The Bertz CT molecular complexity index is 624. The van der Waals surface area contributed by atoms with Crippen LogP contribution in [0.3, 0.4) is 0 Å². The van der Waals surface area contributed by atoms with Gasteiger partial charge in [0.2, 0.25) is 10.0 Å². The molecule has 7 nitrogen and oxygen atoms in total. The molecule has 1 heterocycles. The van der Waals surface area contributed by atoms with Crippen LogP contribution < -0.4 is 16.0 Å². The van der Waals surface area contributed by atoms with E-state index in [1.165, 1.54) is 6.07 Å². The molecule has 0 aliphatic carbocycles. The number of hydrazine groups is 1. The molecular formula is C11H15N5O2S. The normalized spacial score (nSPS) is 11.4. The Kier molecular flexibility index (Phi) is 4.15. The van der Waals surface area contributed by atoms with Crippen molar-refractivity contribution in [2.75, 3.05) is 12.0 Å². The van der Waals surface area contributed by atoms with Gasteiger partial charge in [-0.2, -0.15) is 5.10 Å². The van der Waals surface area contributed by atoms with Gasteiger partial charge < -0.3 is 5.43 Å².